The first-order valence-corrected chi connectivity index (χ1v) is 7.27. The molecule has 0 bridgehead atoms. The van der Waals surface area contributed by atoms with Gasteiger partial charge in [-0.15, -0.1) is 0 Å². The van der Waals surface area contributed by atoms with Gasteiger partial charge < -0.3 is 10.6 Å². The van der Waals surface area contributed by atoms with Crippen LogP contribution in [0.1, 0.15) is 18.2 Å². The maximum absolute atomic E-state index is 11.8. The van der Waals surface area contributed by atoms with Gasteiger partial charge >= 0.3 is 11.8 Å². The lowest BCUT2D eigenvalue weighted by Gasteiger charge is -2.07. The average molecular weight is 297 g/mol. The third-order valence-electron chi connectivity index (χ3n) is 3.22. The van der Waals surface area contributed by atoms with E-state index in [2.05, 4.69) is 22.5 Å². The van der Waals surface area contributed by atoms with Gasteiger partial charge in [0, 0.05) is 30.5 Å². The molecule has 2 N–H and O–H groups in total. The van der Waals surface area contributed by atoms with E-state index >= 15 is 0 Å². The van der Waals surface area contributed by atoms with Gasteiger partial charge in [-0.05, 0) is 36.2 Å². The molecule has 0 spiro atoms. The zero-order valence-electron chi connectivity index (χ0n) is 12.5. The molecule has 0 aliphatic heterocycles. The van der Waals surface area contributed by atoms with Gasteiger partial charge in [0.2, 0.25) is 0 Å². The predicted octanol–water partition coefficient (Wildman–Crippen LogP) is 1.94. The standard InChI is InChI=1S/C17H19N3O2/c1-2-13-6-8-15(9-7-13)20-17(22)16(21)19-12-10-14-5-3-4-11-18-14/h3-9,11H,2,10,12H2,1H3,(H,19,21)(H,20,22). The first-order chi connectivity index (χ1) is 10.7. The van der Waals surface area contributed by atoms with Gasteiger partial charge in [0.15, 0.2) is 0 Å². The number of aromatic nitrogens is 1. The molecule has 1 heterocycles. The third kappa shape index (κ3) is 4.70. The van der Waals surface area contributed by atoms with E-state index in [9.17, 15) is 9.59 Å². The van der Waals surface area contributed by atoms with Crippen molar-refractivity contribution in [1.29, 1.82) is 0 Å². The Hall–Kier alpha value is -2.69. The molecule has 0 unspecified atom stereocenters. The van der Waals surface area contributed by atoms with Gasteiger partial charge in [-0.1, -0.05) is 25.1 Å². The fourth-order valence-corrected chi connectivity index (χ4v) is 1.94. The molecule has 0 aliphatic carbocycles. The Labute approximate surface area is 129 Å². The molecule has 1 aromatic heterocycles. The number of nitrogens with one attached hydrogen (secondary N) is 2. The van der Waals surface area contributed by atoms with E-state index in [0.29, 0.717) is 18.7 Å². The van der Waals surface area contributed by atoms with Gasteiger partial charge in [-0.2, -0.15) is 0 Å². The van der Waals surface area contributed by atoms with Gasteiger partial charge in [0.25, 0.3) is 0 Å². The molecule has 0 aliphatic rings. The van der Waals surface area contributed by atoms with Crippen molar-refractivity contribution in [3.8, 4) is 0 Å². The molecule has 1 aromatic carbocycles. The Bertz CT molecular complexity index is 624. The zero-order chi connectivity index (χ0) is 15.8. The van der Waals surface area contributed by atoms with Crippen LogP contribution < -0.4 is 10.6 Å². The first kappa shape index (κ1) is 15.7. The summed E-state index contributed by atoms with van der Waals surface area (Å²) in [7, 11) is 0. The number of aryl methyl sites for hydroxylation is 1. The molecule has 2 amide bonds. The van der Waals surface area contributed by atoms with Crippen molar-refractivity contribution in [2.75, 3.05) is 11.9 Å². The van der Waals surface area contributed by atoms with Crippen molar-refractivity contribution in [2.24, 2.45) is 0 Å². The largest absolute Gasteiger partial charge is 0.347 e. The van der Waals surface area contributed by atoms with Gasteiger partial charge in [0.1, 0.15) is 0 Å². The lowest BCUT2D eigenvalue weighted by molar-refractivity contribution is -0.136. The number of hydrogen-bond donors (Lipinski definition) is 2. The van der Waals surface area contributed by atoms with E-state index in [1.54, 1.807) is 18.3 Å². The Kier molecular flexibility index (Phi) is 5.65. The number of carbonyl (C=O) groups is 2. The predicted molar refractivity (Wildman–Crippen MR) is 85.4 cm³/mol. The molecule has 2 aromatic rings. The van der Waals surface area contributed by atoms with E-state index in [-0.39, 0.29) is 0 Å². The molecule has 0 fully saturated rings. The van der Waals surface area contributed by atoms with Crippen molar-refractivity contribution >= 4 is 17.5 Å². The summed E-state index contributed by atoms with van der Waals surface area (Å²) in [5.41, 5.74) is 2.67. The quantitative estimate of drug-likeness (QED) is 0.829. The summed E-state index contributed by atoms with van der Waals surface area (Å²) in [5, 5.41) is 5.16. The molecule has 0 atom stereocenters. The molecule has 22 heavy (non-hydrogen) atoms. The van der Waals surface area contributed by atoms with E-state index < -0.39 is 11.8 Å². The Morgan fingerprint density at radius 2 is 1.82 bits per heavy atom. The lowest BCUT2D eigenvalue weighted by atomic mass is 10.1. The van der Waals surface area contributed by atoms with Crippen molar-refractivity contribution in [1.82, 2.24) is 10.3 Å². The van der Waals surface area contributed by atoms with Gasteiger partial charge in [0.05, 0.1) is 0 Å². The Morgan fingerprint density at radius 3 is 2.45 bits per heavy atom. The second-order valence-electron chi connectivity index (χ2n) is 4.83. The number of hydrogen-bond acceptors (Lipinski definition) is 3. The summed E-state index contributed by atoms with van der Waals surface area (Å²) < 4.78 is 0. The van der Waals surface area contributed by atoms with Crippen LogP contribution in [0.25, 0.3) is 0 Å². The number of carbonyl (C=O) groups excluding carboxylic acids is 2. The van der Waals surface area contributed by atoms with E-state index in [0.717, 1.165) is 12.1 Å². The molecular formula is C17H19N3O2. The third-order valence-corrected chi connectivity index (χ3v) is 3.22. The lowest BCUT2D eigenvalue weighted by Crippen LogP contribution is -2.36. The van der Waals surface area contributed by atoms with Gasteiger partial charge in [-0.25, -0.2) is 0 Å². The molecule has 114 valence electrons. The summed E-state index contributed by atoms with van der Waals surface area (Å²) in [4.78, 5) is 27.6. The highest BCUT2D eigenvalue weighted by Gasteiger charge is 2.12. The molecule has 5 heteroatoms. The molecule has 2 rings (SSSR count). The van der Waals surface area contributed by atoms with Crippen LogP contribution in [0, 0.1) is 0 Å². The summed E-state index contributed by atoms with van der Waals surface area (Å²) in [6.45, 7) is 2.43. The summed E-state index contributed by atoms with van der Waals surface area (Å²) in [6, 6.07) is 13.0. The van der Waals surface area contributed by atoms with Gasteiger partial charge in [-0.3, -0.25) is 14.6 Å². The van der Waals surface area contributed by atoms with Crippen LogP contribution in [0.5, 0.6) is 0 Å². The maximum atomic E-state index is 11.8. The van der Waals surface area contributed by atoms with Crippen LogP contribution >= 0.6 is 0 Å². The van der Waals surface area contributed by atoms with Crippen LogP contribution in [0.3, 0.4) is 0 Å². The first-order valence-electron chi connectivity index (χ1n) is 7.27. The number of pyridine rings is 1. The van der Waals surface area contributed by atoms with Crippen molar-refractivity contribution in [2.45, 2.75) is 19.8 Å². The van der Waals surface area contributed by atoms with Crippen LogP contribution in [0.15, 0.2) is 48.7 Å². The summed E-state index contributed by atoms with van der Waals surface area (Å²) >= 11 is 0. The van der Waals surface area contributed by atoms with Crippen LogP contribution in [0.2, 0.25) is 0 Å². The monoisotopic (exact) mass is 297 g/mol. The highest BCUT2D eigenvalue weighted by Crippen LogP contribution is 2.09. The van der Waals surface area contributed by atoms with Crippen LogP contribution in [-0.2, 0) is 22.4 Å². The van der Waals surface area contributed by atoms with Crippen molar-refractivity contribution in [3.05, 3.63) is 59.9 Å². The Morgan fingerprint density at radius 1 is 1.05 bits per heavy atom. The van der Waals surface area contributed by atoms with Crippen molar-refractivity contribution in [3.63, 3.8) is 0 Å². The minimum absolute atomic E-state index is 0.373. The Balaban J connectivity index is 1.78. The highest BCUT2D eigenvalue weighted by atomic mass is 16.2. The molecule has 0 radical (unpaired) electrons. The zero-order valence-corrected chi connectivity index (χ0v) is 12.5. The van der Waals surface area contributed by atoms with Crippen LogP contribution in [0.4, 0.5) is 5.69 Å². The molecular weight excluding hydrogens is 278 g/mol. The van der Waals surface area contributed by atoms with E-state index in [4.69, 9.17) is 0 Å². The van der Waals surface area contributed by atoms with Crippen LogP contribution in [-0.4, -0.2) is 23.3 Å². The normalized spacial score (nSPS) is 10.0. The van der Waals surface area contributed by atoms with Crippen molar-refractivity contribution < 1.29 is 9.59 Å². The summed E-state index contributed by atoms with van der Waals surface area (Å²) in [5.74, 6) is -1.30. The number of nitrogens with zero attached hydrogens (tertiary/aromatic N) is 1. The maximum Gasteiger partial charge on any atom is 0.313 e. The molecule has 0 saturated carbocycles. The topological polar surface area (TPSA) is 71.1 Å². The second-order valence-corrected chi connectivity index (χ2v) is 4.83. The number of amides is 2. The highest BCUT2D eigenvalue weighted by molar-refractivity contribution is 6.39. The fraction of sp³-hybridized carbons (Fsp3) is 0.235. The number of anilines is 1. The SMILES string of the molecule is CCc1ccc(NC(=O)C(=O)NCCc2ccccn2)cc1. The minimum atomic E-state index is -0.662. The molecule has 0 saturated heterocycles. The smallest absolute Gasteiger partial charge is 0.313 e. The summed E-state index contributed by atoms with van der Waals surface area (Å²) in [6.07, 6.45) is 3.22. The number of benzene rings is 1. The van der Waals surface area contributed by atoms with E-state index in [1.165, 1.54) is 5.56 Å². The average Bonchev–Trinajstić information content (AvgIpc) is 2.56. The fourth-order valence-electron chi connectivity index (χ4n) is 1.94. The number of rotatable bonds is 5. The van der Waals surface area contributed by atoms with E-state index in [1.807, 2.05) is 30.3 Å². The minimum Gasteiger partial charge on any atom is -0.347 e. The second kappa shape index (κ2) is 7.93. The molecule has 5 nitrogen and oxygen atoms in total.